The number of aliphatic hydroxyl groups is 2. The smallest absolute Gasteiger partial charge is 0.328 e. The molecule has 0 saturated carbocycles. The van der Waals surface area contributed by atoms with Gasteiger partial charge < -0.3 is 59.1 Å². The molecule has 0 aliphatic heterocycles. The maximum absolute atomic E-state index is 13.9. The van der Waals surface area contributed by atoms with Crippen molar-refractivity contribution in [1.29, 1.82) is 0 Å². The van der Waals surface area contributed by atoms with Gasteiger partial charge in [-0.1, -0.05) is 61.9 Å². The van der Waals surface area contributed by atoms with Crippen molar-refractivity contribution in [3.8, 4) is 0 Å². The highest BCUT2D eigenvalue weighted by Gasteiger charge is 2.33. The maximum atomic E-state index is 13.9. The second kappa shape index (κ2) is 25.6. The van der Waals surface area contributed by atoms with Gasteiger partial charge in [0.1, 0.15) is 30.2 Å². The van der Waals surface area contributed by atoms with Crippen molar-refractivity contribution in [2.45, 2.75) is 100 Å². The van der Waals surface area contributed by atoms with Gasteiger partial charge in [-0.3, -0.25) is 33.8 Å². The third kappa shape index (κ3) is 18.2. The number of aryl methyl sites for hydroxylation is 1. The lowest BCUT2D eigenvalue weighted by atomic mass is 10.0. The number of sulfonamides is 1. The zero-order valence-electron chi connectivity index (χ0n) is 34.7. The van der Waals surface area contributed by atoms with Crippen LogP contribution in [0.5, 0.6) is 0 Å². The Morgan fingerprint density at radius 3 is 1.73 bits per heavy atom. The first-order valence-electron chi connectivity index (χ1n) is 19.6. The molecular weight excluding hydrogens is 833 g/mol. The molecule has 0 unspecified atom stereocenters. The Morgan fingerprint density at radius 2 is 1.19 bits per heavy atom. The summed E-state index contributed by atoms with van der Waals surface area (Å²) in [5.74, 6) is -7.85. The normalized spacial score (nSPS) is 14.5. The number of hydrogen-bond donors (Lipinski definition) is 12. The van der Waals surface area contributed by atoms with Crippen LogP contribution in [0.3, 0.4) is 0 Å². The summed E-state index contributed by atoms with van der Waals surface area (Å²) in [5, 5.41) is 40.2. The molecule has 6 amide bonds. The van der Waals surface area contributed by atoms with Crippen LogP contribution in [0.1, 0.15) is 57.1 Å². The number of primary amides is 1. The minimum absolute atomic E-state index is 0.0725. The molecule has 0 bridgehead atoms. The van der Waals surface area contributed by atoms with E-state index in [0.29, 0.717) is 0 Å². The molecule has 0 spiro atoms. The summed E-state index contributed by atoms with van der Waals surface area (Å²) in [6.45, 7) is 3.07. The van der Waals surface area contributed by atoms with E-state index in [1.54, 1.807) is 63.2 Å². The quantitative estimate of drug-likeness (QED) is 0.0251. The molecule has 62 heavy (non-hydrogen) atoms. The van der Waals surface area contributed by atoms with E-state index in [9.17, 15) is 57.3 Å². The molecule has 342 valence electrons. The Hall–Kier alpha value is -6.17. The fourth-order valence-corrected chi connectivity index (χ4v) is 6.63. The van der Waals surface area contributed by atoms with Crippen LogP contribution in [0.2, 0.25) is 0 Å². The average Bonchev–Trinajstić information content (AvgIpc) is 3.20. The van der Waals surface area contributed by atoms with Gasteiger partial charge in [-0.2, -0.15) is 0 Å². The number of carbonyl (C=O) groups excluding carboxylic acids is 6. The summed E-state index contributed by atoms with van der Waals surface area (Å²) in [4.78, 5) is 94.2. The second-order valence-electron chi connectivity index (χ2n) is 14.8. The Labute approximate surface area is 359 Å². The minimum Gasteiger partial charge on any atom is -0.480 e. The van der Waals surface area contributed by atoms with Gasteiger partial charge in [-0.25, -0.2) is 17.9 Å². The maximum Gasteiger partial charge on any atom is 0.328 e. The van der Waals surface area contributed by atoms with E-state index in [2.05, 4.69) is 31.0 Å². The van der Waals surface area contributed by atoms with Crippen LogP contribution in [0.15, 0.2) is 64.5 Å². The molecule has 22 nitrogen and oxygen atoms in total. The van der Waals surface area contributed by atoms with E-state index in [-0.39, 0.29) is 49.5 Å². The highest BCUT2D eigenvalue weighted by atomic mass is 32.2. The zero-order chi connectivity index (χ0) is 46.6. The number of rotatable bonds is 26. The van der Waals surface area contributed by atoms with Crippen LogP contribution in [-0.4, -0.2) is 127 Å². The minimum atomic E-state index is -4.11. The zero-order valence-corrected chi connectivity index (χ0v) is 35.5. The van der Waals surface area contributed by atoms with Gasteiger partial charge in [-0.05, 0) is 62.6 Å². The van der Waals surface area contributed by atoms with Crippen molar-refractivity contribution in [2.75, 3.05) is 19.8 Å². The van der Waals surface area contributed by atoms with Gasteiger partial charge in [0.05, 0.1) is 24.2 Å². The fraction of sp³-hybridized carbons (Fsp3) is 0.487. The van der Waals surface area contributed by atoms with Crippen molar-refractivity contribution in [2.24, 2.45) is 28.1 Å². The number of aliphatic imine (C=N–C) groups is 1. The molecule has 0 aliphatic rings. The molecule has 0 fully saturated rings. The van der Waals surface area contributed by atoms with Gasteiger partial charge in [0.15, 0.2) is 0 Å². The SMILES string of the molecule is Cc1ccc(S(=O)(=O)NC(N)=NCCC[C@H](NC(=O)[C@H](CCC(N)=O)NC(=O)[C@H](CC(C)C)NC(=O)[C@@H](N)Cc2ccccc2)C(=O)N[C@@H](CO)C(=O)N[C@@H](CO)C(=O)O)cc1. The number of aliphatic carboxylic acids is 1. The monoisotopic (exact) mass is 890 g/mol. The second-order valence-corrected chi connectivity index (χ2v) is 16.5. The third-order valence-electron chi connectivity index (χ3n) is 9.04. The Kier molecular flexibility index (Phi) is 21.4. The molecule has 2 aromatic rings. The lowest BCUT2D eigenvalue weighted by Crippen LogP contribution is -2.60. The molecule has 0 aliphatic carbocycles. The topological polar surface area (TPSA) is 377 Å². The van der Waals surface area contributed by atoms with Crippen molar-refractivity contribution in [3.63, 3.8) is 0 Å². The molecule has 0 radical (unpaired) electrons. The van der Waals surface area contributed by atoms with E-state index in [1.165, 1.54) is 12.1 Å². The van der Waals surface area contributed by atoms with Crippen LogP contribution in [0, 0.1) is 12.8 Å². The Balaban J connectivity index is 2.34. The van der Waals surface area contributed by atoms with E-state index in [4.69, 9.17) is 17.2 Å². The van der Waals surface area contributed by atoms with E-state index >= 15 is 0 Å². The number of carbonyl (C=O) groups is 7. The molecular formula is C39H58N10O12S. The van der Waals surface area contributed by atoms with Crippen LogP contribution in [-0.2, 0) is 50.0 Å². The molecule has 2 rings (SSSR count). The van der Waals surface area contributed by atoms with Gasteiger partial charge in [-0.15, -0.1) is 0 Å². The van der Waals surface area contributed by atoms with Crippen molar-refractivity contribution in [3.05, 3.63) is 65.7 Å². The summed E-state index contributed by atoms with van der Waals surface area (Å²) >= 11 is 0. The first kappa shape index (κ1) is 52.0. The van der Waals surface area contributed by atoms with E-state index in [0.717, 1.165) is 11.1 Å². The molecule has 15 N–H and O–H groups in total. The number of benzene rings is 2. The fourth-order valence-electron chi connectivity index (χ4n) is 5.68. The number of carboxylic acid groups (broad SMARTS) is 1. The van der Waals surface area contributed by atoms with Crippen LogP contribution in [0.25, 0.3) is 0 Å². The predicted octanol–water partition coefficient (Wildman–Crippen LogP) is -3.26. The lowest BCUT2D eigenvalue weighted by molar-refractivity contribution is -0.143. The molecule has 23 heteroatoms. The molecule has 0 heterocycles. The Morgan fingerprint density at radius 1 is 0.694 bits per heavy atom. The summed E-state index contributed by atoms with van der Waals surface area (Å²) < 4.78 is 27.6. The third-order valence-corrected chi connectivity index (χ3v) is 10.4. The number of nitrogens with two attached hydrogens (primary N) is 3. The van der Waals surface area contributed by atoms with Crippen LogP contribution < -0.4 is 48.5 Å². The first-order chi connectivity index (χ1) is 29.2. The number of amides is 6. The molecule has 2 aromatic carbocycles. The highest BCUT2D eigenvalue weighted by Crippen LogP contribution is 2.11. The predicted molar refractivity (Wildman–Crippen MR) is 225 cm³/mol. The number of carboxylic acids is 1. The average molecular weight is 891 g/mol. The van der Waals surface area contributed by atoms with Gasteiger partial charge in [0, 0.05) is 13.0 Å². The highest BCUT2D eigenvalue weighted by molar-refractivity contribution is 7.90. The lowest BCUT2D eigenvalue weighted by Gasteiger charge is -2.27. The van der Waals surface area contributed by atoms with Gasteiger partial charge in [0.2, 0.25) is 41.4 Å². The van der Waals surface area contributed by atoms with Crippen molar-refractivity contribution < 1.29 is 57.3 Å². The Bertz CT molecular complexity index is 1980. The van der Waals surface area contributed by atoms with Crippen molar-refractivity contribution in [1.82, 2.24) is 31.3 Å². The largest absolute Gasteiger partial charge is 0.480 e. The number of nitrogens with zero attached hydrogens (tertiary/aromatic N) is 1. The number of hydrogen-bond acceptors (Lipinski definition) is 13. The summed E-state index contributed by atoms with van der Waals surface area (Å²) in [6, 6.07) is 5.92. The summed E-state index contributed by atoms with van der Waals surface area (Å²) in [5.41, 5.74) is 18.9. The van der Waals surface area contributed by atoms with Crippen LogP contribution in [0.4, 0.5) is 0 Å². The molecule has 6 atom stereocenters. The van der Waals surface area contributed by atoms with E-state index < -0.39 is 113 Å². The number of aliphatic hydroxyl groups excluding tert-OH is 2. The summed E-state index contributed by atoms with van der Waals surface area (Å²) in [7, 11) is -4.11. The standard InChI is InChI=1S/C39H58N10O12S/c1-22(2)18-29(46-33(53)26(40)19-24-8-5-4-6-9-24)36(56)45-28(15-16-32(41)52)35(55)44-27(34(54)47-30(20-50)37(57)48-31(21-51)38(58)59)10-7-17-43-39(42)49-62(60,61)25-13-11-23(3)12-14-25/h4-6,8-9,11-14,22,26-31,50-51H,7,10,15-21,40H2,1-3H3,(H2,41,52)(H,44,55)(H,45,56)(H,46,53)(H,47,54)(H,48,57)(H,58,59)(H3,42,43,49)/t26-,27-,28-,29-,30-,31-/m0/s1. The number of guanidine groups is 1. The van der Waals surface area contributed by atoms with E-state index in [1.807, 2.05) is 5.32 Å². The summed E-state index contributed by atoms with van der Waals surface area (Å²) in [6.07, 6.45) is -0.853. The van der Waals surface area contributed by atoms with Crippen molar-refractivity contribution >= 4 is 57.4 Å². The molecule has 0 aromatic heterocycles. The van der Waals surface area contributed by atoms with Gasteiger partial charge >= 0.3 is 5.97 Å². The van der Waals surface area contributed by atoms with Crippen LogP contribution >= 0.6 is 0 Å². The van der Waals surface area contributed by atoms with Gasteiger partial charge in [0.25, 0.3) is 10.0 Å². The number of nitrogens with one attached hydrogen (secondary N) is 6. The first-order valence-corrected chi connectivity index (χ1v) is 21.1. The molecule has 0 saturated heterocycles.